The van der Waals surface area contributed by atoms with Crippen molar-refractivity contribution in [2.75, 3.05) is 18.5 Å². The van der Waals surface area contributed by atoms with Crippen LogP contribution in [0.2, 0.25) is 0 Å². The second-order valence-corrected chi connectivity index (χ2v) is 5.20. The normalized spacial score (nSPS) is 10.0. The molecule has 0 radical (unpaired) electrons. The van der Waals surface area contributed by atoms with E-state index in [9.17, 15) is 9.59 Å². The Bertz CT molecular complexity index is 671. The summed E-state index contributed by atoms with van der Waals surface area (Å²) < 4.78 is 5.44. The molecule has 2 aromatic rings. The zero-order valence-electron chi connectivity index (χ0n) is 13.7. The zero-order valence-corrected chi connectivity index (χ0v) is 13.7. The Morgan fingerprint density at radius 2 is 1.71 bits per heavy atom. The number of anilines is 1. The molecule has 2 N–H and O–H groups in total. The first-order valence-corrected chi connectivity index (χ1v) is 8.05. The number of benzene rings is 2. The number of hydrogen-bond donors (Lipinski definition) is 2. The molecule has 0 aromatic heterocycles. The first-order valence-electron chi connectivity index (χ1n) is 8.05. The predicted octanol–water partition coefficient (Wildman–Crippen LogP) is 3.23. The molecule has 0 aliphatic heterocycles. The van der Waals surface area contributed by atoms with Crippen LogP contribution in [0.25, 0.3) is 0 Å². The van der Waals surface area contributed by atoms with Crippen LogP contribution in [0.1, 0.15) is 30.1 Å². The fourth-order valence-electron chi connectivity index (χ4n) is 2.23. The van der Waals surface area contributed by atoms with Crippen molar-refractivity contribution in [2.24, 2.45) is 0 Å². The lowest BCUT2D eigenvalue weighted by atomic mass is 10.2. The van der Waals surface area contributed by atoms with Gasteiger partial charge < -0.3 is 15.4 Å². The van der Waals surface area contributed by atoms with Crippen LogP contribution < -0.4 is 15.4 Å². The van der Waals surface area contributed by atoms with Gasteiger partial charge in [0, 0.05) is 18.7 Å². The van der Waals surface area contributed by atoms with Gasteiger partial charge in [0.2, 0.25) is 5.91 Å². The molecule has 0 atom stereocenters. The summed E-state index contributed by atoms with van der Waals surface area (Å²) in [6, 6.07) is 16.4. The second-order valence-electron chi connectivity index (χ2n) is 5.20. The van der Waals surface area contributed by atoms with Gasteiger partial charge in [-0.1, -0.05) is 30.3 Å². The smallest absolute Gasteiger partial charge is 0.255 e. The summed E-state index contributed by atoms with van der Waals surface area (Å²) in [7, 11) is 0. The van der Waals surface area contributed by atoms with E-state index in [4.69, 9.17) is 4.74 Å². The fourth-order valence-corrected chi connectivity index (χ4v) is 2.23. The summed E-state index contributed by atoms with van der Waals surface area (Å²) in [4.78, 5) is 24.0. The van der Waals surface area contributed by atoms with Gasteiger partial charge in [0.15, 0.2) is 0 Å². The fraction of sp³-hybridized carbons (Fsp3) is 0.263. The van der Waals surface area contributed by atoms with Crippen molar-refractivity contribution in [3.63, 3.8) is 0 Å². The van der Waals surface area contributed by atoms with Crippen molar-refractivity contribution in [1.29, 1.82) is 0 Å². The van der Waals surface area contributed by atoms with Crippen molar-refractivity contribution >= 4 is 17.5 Å². The molecule has 0 bridgehead atoms. The van der Waals surface area contributed by atoms with Crippen molar-refractivity contribution in [3.05, 3.63) is 60.2 Å². The number of rotatable bonds is 8. The number of nitrogens with one attached hydrogen (secondary N) is 2. The highest BCUT2D eigenvalue weighted by Crippen LogP contribution is 2.17. The van der Waals surface area contributed by atoms with E-state index in [2.05, 4.69) is 10.6 Å². The molecule has 0 saturated heterocycles. The molecule has 0 fully saturated rings. The lowest BCUT2D eigenvalue weighted by molar-refractivity contribution is -0.116. The average Bonchev–Trinajstić information content (AvgIpc) is 2.60. The summed E-state index contributed by atoms with van der Waals surface area (Å²) in [6.07, 6.45) is 0.920. The topological polar surface area (TPSA) is 67.4 Å². The molecule has 5 nitrogen and oxygen atoms in total. The van der Waals surface area contributed by atoms with E-state index < -0.39 is 0 Å². The molecule has 0 unspecified atom stereocenters. The highest BCUT2D eigenvalue weighted by molar-refractivity contribution is 5.97. The van der Waals surface area contributed by atoms with Crippen LogP contribution >= 0.6 is 0 Å². The van der Waals surface area contributed by atoms with Crippen molar-refractivity contribution in [1.82, 2.24) is 5.32 Å². The molecule has 0 spiro atoms. The number of ether oxygens (including phenoxy) is 1. The van der Waals surface area contributed by atoms with Crippen LogP contribution in [-0.4, -0.2) is 25.0 Å². The number of carbonyl (C=O) groups is 2. The van der Waals surface area contributed by atoms with E-state index in [1.165, 1.54) is 0 Å². The lowest BCUT2D eigenvalue weighted by Crippen LogP contribution is -2.26. The van der Waals surface area contributed by atoms with Gasteiger partial charge in [-0.25, -0.2) is 0 Å². The van der Waals surface area contributed by atoms with Crippen molar-refractivity contribution < 1.29 is 14.3 Å². The van der Waals surface area contributed by atoms with Gasteiger partial charge in [0.1, 0.15) is 5.75 Å². The Kier molecular flexibility index (Phi) is 6.83. The van der Waals surface area contributed by atoms with E-state index in [0.29, 0.717) is 37.3 Å². The summed E-state index contributed by atoms with van der Waals surface area (Å²) in [6.45, 7) is 2.81. The first-order chi connectivity index (χ1) is 11.7. The zero-order chi connectivity index (χ0) is 17.2. The van der Waals surface area contributed by atoms with Crippen LogP contribution in [-0.2, 0) is 4.79 Å². The van der Waals surface area contributed by atoms with Gasteiger partial charge in [0.05, 0.1) is 12.2 Å². The van der Waals surface area contributed by atoms with E-state index in [1.54, 1.807) is 18.2 Å². The van der Waals surface area contributed by atoms with E-state index >= 15 is 0 Å². The number of para-hydroxylation sites is 2. The summed E-state index contributed by atoms with van der Waals surface area (Å²) in [5.41, 5.74) is 1.28. The number of carbonyl (C=O) groups excluding carboxylic acids is 2. The number of hydrogen-bond acceptors (Lipinski definition) is 3. The first kappa shape index (κ1) is 17.5. The summed E-state index contributed by atoms with van der Waals surface area (Å²) >= 11 is 0. The van der Waals surface area contributed by atoms with Crippen molar-refractivity contribution in [3.8, 4) is 5.75 Å². The Labute approximate surface area is 142 Å². The maximum Gasteiger partial charge on any atom is 0.255 e. The van der Waals surface area contributed by atoms with Gasteiger partial charge >= 0.3 is 0 Å². The highest BCUT2D eigenvalue weighted by Gasteiger charge is 2.11. The summed E-state index contributed by atoms with van der Waals surface area (Å²) in [5.74, 6) is 0.312. The third-order valence-corrected chi connectivity index (χ3v) is 3.36. The minimum Gasteiger partial charge on any atom is -0.493 e. The summed E-state index contributed by atoms with van der Waals surface area (Å²) in [5, 5.41) is 5.63. The number of amides is 2. The second kappa shape index (κ2) is 9.35. The van der Waals surface area contributed by atoms with Gasteiger partial charge in [-0.3, -0.25) is 9.59 Å². The molecular weight excluding hydrogens is 304 g/mol. The minimum atomic E-state index is -0.192. The molecule has 0 saturated carbocycles. The monoisotopic (exact) mass is 326 g/mol. The predicted molar refractivity (Wildman–Crippen MR) is 94.2 cm³/mol. The SMILES string of the molecule is CCOc1ccccc1C(=O)NCCCC(=O)Nc1ccccc1. The molecule has 2 amide bonds. The van der Waals surface area contributed by atoms with E-state index in [0.717, 1.165) is 5.69 Å². The standard InChI is InChI=1S/C19H22N2O3/c1-2-24-17-12-7-6-11-16(17)19(23)20-14-8-13-18(22)21-15-9-4-3-5-10-15/h3-7,9-12H,2,8,13-14H2,1H3,(H,20,23)(H,21,22). The Morgan fingerprint density at radius 3 is 2.46 bits per heavy atom. The van der Waals surface area contributed by atoms with Gasteiger partial charge in [0.25, 0.3) is 5.91 Å². The average molecular weight is 326 g/mol. The Balaban J connectivity index is 1.74. The molecule has 0 aliphatic rings. The van der Waals surface area contributed by atoms with E-state index in [1.807, 2.05) is 43.3 Å². The van der Waals surface area contributed by atoms with Crippen LogP contribution in [0, 0.1) is 0 Å². The lowest BCUT2D eigenvalue weighted by Gasteiger charge is -2.10. The Hall–Kier alpha value is -2.82. The minimum absolute atomic E-state index is 0.0647. The van der Waals surface area contributed by atoms with Gasteiger partial charge in [-0.2, -0.15) is 0 Å². The van der Waals surface area contributed by atoms with Crippen molar-refractivity contribution in [2.45, 2.75) is 19.8 Å². The largest absolute Gasteiger partial charge is 0.493 e. The maximum atomic E-state index is 12.2. The Morgan fingerprint density at radius 1 is 1.00 bits per heavy atom. The molecule has 2 rings (SSSR count). The van der Waals surface area contributed by atoms with Crippen LogP contribution in [0.4, 0.5) is 5.69 Å². The molecule has 0 heterocycles. The molecule has 0 aliphatic carbocycles. The highest BCUT2D eigenvalue weighted by atomic mass is 16.5. The molecule has 2 aromatic carbocycles. The quantitative estimate of drug-likeness (QED) is 0.732. The van der Waals surface area contributed by atoms with Crippen LogP contribution in [0.3, 0.4) is 0 Å². The molecule has 24 heavy (non-hydrogen) atoms. The third kappa shape index (κ3) is 5.43. The van der Waals surface area contributed by atoms with Gasteiger partial charge in [-0.05, 0) is 37.6 Å². The molecule has 126 valence electrons. The third-order valence-electron chi connectivity index (χ3n) is 3.36. The van der Waals surface area contributed by atoms with Crippen LogP contribution in [0.15, 0.2) is 54.6 Å². The van der Waals surface area contributed by atoms with Gasteiger partial charge in [-0.15, -0.1) is 0 Å². The molecular formula is C19H22N2O3. The maximum absolute atomic E-state index is 12.2. The van der Waals surface area contributed by atoms with E-state index in [-0.39, 0.29) is 11.8 Å². The van der Waals surface area contributed by atoms with Crippen LogP contribution in [0.5, 0.6) is 5.75 Å². The molecule has 5 heteroatoms.